The molecule has 5 nitrogen and oxygen atoms in total. The molecule has 0 unspecified atom stereocenters. The number of nitrogens with zero attached hydrogens (tertiary/aromatic N) is 1. The minimum atomic E-state index is -0.525. The molecule has 0 radical (unpaired) electrons. The highest BCUT2D eigenvalue weighted by Gasteiger charge is 2.21. The normalized spacial score (nSPS) is 12.0. The van der Waals surface area contributed by atoms with Gasteiger partial charge in [-0.1, -0.05) is 35.8 Å². The molecule has 2 rings (SSSR count). The number of Topliss-reactive ketones (excluding diaryl/α,β-unsaturated/α-hetero) is 1. The molecule has 0 saturated heterocycles. The van der Waals surface area contributed by atoms with Crippen LogP contribution in [0.25, 0.3) is 11.3 Å². The van der Waals surface area contributed by atoms with E-state index in [2.05, 4.69) is 9.89 Å². The maximum atomic E-state index is 12.0. The van der Waals surface area contributed by atoms with Gasteiger partial charge < -0.3 is 9.26 Å². The summed E-state index contributed by atoms with van der Waals surface area (Å²) in [7, 11) is 1.29. The van der Waals surface area contributed by atoms with Crippen molar-refractivity contribution in [2.24, 2.45) is 5.92 Å². The fourth-order valence-electron chi connectivity index (χ4n) is 1.86. The molecule has 6 heteroatoms. The van der Waals surface area contributed by atoms with Crippen molar-refractivity contribution >= 4 is 23.4 Å². The molecule has 0 spiro atoms. The number of methoxy groups -OCH3 is 1. The Labute approximate surface area is 126 Å². The first-order valence-electron chi connectivity index (χ1n) is 6.35. The van der Waals surface area contributed by atoms with E-state index in [1.54, 1.807) is 25.1 Å². The largest absolute Gasteiger partial charge is 0.469 e. The Morgan fingerprint density at radius 1 is 1.38 bits per heavy atom. The molecule has 0 aliphatic rings. The molecule has 0 amide bonds. The highest BCUT2D eigenvalue weighted by molar-refractivity contribution is 6.33. The third-order valence-corrected chi connectivity index (χ3v) is 3.36. The third-order valence-electron chi connectivity index (χ3n) is 3.03. The molecule has 21 heavy (non-hydrogen) atoms. The van der Waals surface area contributed by atoms with Crippen LogP contribution in [0.15, 0.2) is 34.9 Å². The Hall–Kier alpha value is -2.14. The Morgan fingerprint density at radius 2 is 2.10 bits per heavy atom. The molecule has 0 aliphatic heterocycles. The number of ether oxygens (including phenoxy) is 1. The second-order valence-corrected chi connectivity index (χ2v) is 5.01. The standard InChI is InChI=1S/C15H14ClNO4/c1-9(15(19)20-2)7-13(18)12-8-14(21-17-12)10-5-3-4-6-11(10)16/h3-6,8-9H,7H2,1-2H3/t9-/m1/s1. The van der Waals surface area contributed by atoms with Crippen molar-refractivity contribution in [2.45, 2.75) is 13.3 Å². The van der Waals surface area contributed by atoms with E-state index in [-0.39, 0.29) is 17.9 Å². The van der Waals surface area contributed by atoms with Crippen LogP contribution < -0.4 is 0 Å². The number of ketones is 1. The van der Waals surface area contributed by atoms with Gasteiger partial charge in [0.1, 0.15) is 5.69 Å². The fraction of sp³-hybridized carbons (Fsp3) is 0.267. The zero-order valence-electron chi connectivity index (χ0n) is 11.6. The summed E-state index contributed by atoms with van der Waals surface area (Å²) in [6.07, 6.45) is 0.0150. The van der Waals surface area contributed by atoms with E-state index >= 15 is 0 Å². The van der Waals surface area contributed by atoms with Crippen molar-refractivity contribution in [1.82, 2.24) is 5.16 Å². The van der Waals surface area contributed by atoms with Crippen LogP contribution in [-0.4, -0.2) is 24.0 Å². The molecule has 1 heterocycles. The van der Waals surface area contributed by atoms with Crippen LogP contribution in [0.5, 0.6) is 0 Å². The molecule has 0 N–H and O–H groups in total. The Morgan fingerprint density at radius 3 is 2.76 bits per heavy atom. The predicted molar refractivity (Wildman–Crippen MR) is 77.1 cm³/mol. The SMILES string of the molecule is COC(=O)[C@H](C)CC(=O)c1cc(-c2ccccc2Cl)on1. The molecule has 0 fully saturated rings. The molecule has 0 bridgehead atoms. The lowest BCUT2D eigenvalue weighted by molar-refractivity contribution is -0.144. The van der Waals surface area contributed by atoms with Crippen LogP contribution in [0.1, 0.15) is 23.8 Å². The predicted octanol–water partition coefficient (Wildman–Crippen LogP) is 3.38. The quantitative estimate of drug-likeness (QED) is 0.625. The van der Waals surface area contributed by atoms with Crippen LogP contribution in [0.3, 0.4) is 0 Å². The second-order valence-electron chi connectivity index (χ2n) is 4.61. The molecule has 0 saturated carbocycles. The first-order valence-corrected chi connectivity index (χ1v) is 6.73. The molecular formula is C15H14ClNO4. The Balaban J connectivity index is 2.15. The van der Waals surface area contributed by atoms with Gasteiger partial charge >= 0.3 is 5.97 Å². The molecule has 2 aromatic rings. The third kappa shape index (κ3) is 3.49. The van der Waals surface area contributed by atoms with E-state index in [1.807, 2.05) is 6.07 Å². The number of halogens is 1. The number of esters is 1. The number of carbonyl (C=O) groups excluding carboxylic acids is 2. The van der Waals surface area contributed by atoms with Gasteiger partial charge in [-0.3, -0.25) is 9.59 Å². The number of benzene rings is 1. The average molecular weight is 308 g/mol. The lowest BCUT2D eigenvalue weighted by Crippen LogP contribution is -2.17. The van der Waals surface area contributed by atoms with Gasteiger partial charge in [-0.25, -0.2) is 0 Å². The van der Waals surface area contributed by atoms with E-state index < -0.39 is 11.9 Å². The number of hydrogen-bond acceptors (Lipinski definition) is 5. The molecule has 1 atom stereocenters. The number of rotatable bonds is 5. The van der Waals surface area contributed by atoms with Gasteiger partial charge in [0.05, 0.1) is 18.1 Å². The summed E-state index contributed by atoms with van der Waals surface area (Å²) in [6.45, 7) is 1.62. The van der Waals surface area contributed by atoms with E-state index in [4.69, 9.17) is 16.1 Å². The average Bonchev–Trinajstić information content (AvgIpc) is 2.96. The molecule has 0 aliphatic carbocycles. The Kier molecular flexibility index (Phi) is 4.75. The van der Waals surface area contributed by atoms with E-state index in [1.165, 1.54) is 13.2 Å². The fourth-order valence-corrected chi connectivity index (χ4v) is 2.09. The summed E-state index contributed by atoms with van der Waals surface area (Å²) in [6, 6.07) is 8.62. The summed E-state index contributed by atoms with van der Waals surface area (Å²) >= 11 is 6.06. The van der Waals surface area contributed by atoms with Crippen LogP contribution in [0.4, 0.5) is 0 Å². The maximum absolute atomic E-state index is 12.0. The number of hydrogen-bond donors (Lipinski definition) is 0. The van der Waals surface area contributed by atoms with Crippen molar-refractivity contribution in [3.8, 4) is 11.3 Å². The van der Waals surface area contributed by atoms with E-state index in [9.17, 15) is 9.59 Å². The van der Waals surface area contributed by atoms with Gasteiger partial charge in [-0.05, 0) is 12.1 Å². The minimum absolute atomic E-state index is 0.0150. The number of aromatic nitrogens is 1. The van der Waals surface area contributed by atoms with E-state index in [0.29, 0.717) is 16.3 Å². The van der Waals surface area contributed by atoms with Gasteiger partial charge in [0.25, 0.3) is 0 Å². The molecule has 1 aromatic carbocycles. The highest BCUT2D eigenvalue weighted by Crippen LogP contribution is 2.28. The first kappa shape index (κ1) is 15.3. The summed E-state index contributed by atoms with van der Waals surface area (Å²) in [5, 5.41) is 4.25. The molecular weight excluding hydrogens is 294 g/mol. The van der Waals surface area contributed by atoms with Crippen LogP contribution in [-0.2, 0) is 9.53 Å². The molecule has 1 aromatic heterocycles. The monoisotopic (exact) mass is 307 g/mol. The van der Waals surface area contributed by atoms with Crippen LogP contribution in [0.2, 0.25) is 5.02 Å². The lowest BCUT2D eigenvalue weighted by Gasteiger charge is -2.05. The zero-order valence-corrected chi connectivity index (χ0v) is 12.4. The summed E-state index contributed by atoms with van der Waals surface area (Å²) in [5.74, 6) is -0.828. The highest BCUT2D eigenvalue weighted by atomic mass is 35.5. The van der Waals surface area contributed by atoms with Gasteiger partial charge in [0, 0.05) is 18.1 Å². The van der Waals surface area contributed by atoms with Crippen molar-refractivity contribution in [2.75, 3.05) is 7.11 Å². The summed E-state index contributed by atoms with van der Waals surface area (Å²) in [4.78, 5) is 23.4. The van der Waals surface area contributed by atoms with Crippen molar-refractivity contribution in [1.29, 1.82) is 0 Å². The summed E-state index contributed by atoms with van der Waals surface area (Å²) in [5.41, 5.74) is 0.826. The summed E-state index contributed by atoms with van der Waals surface area (Å²) < 4.78 is 9.74. The smallest absolute Gasteiger partial charge is 0.308 e. The minimum Gasteiger partial charge on any atom is -0.469 e. The van der Waals surface area contributed by atoms with Crippen LogP contribution >= 0.6 is 11.6 Å². The molecule has 110 valence electrons. The van der Waals surface area contributed by atoms with Crippen LogP contribution in [0, 0.1) is 5.92 Å². The lowest BCUT2D eigenvalue weighted by atomic mass is 10.0. The first-order chi connectivity index (χ1) is 10.0. The van der Waals surface area contributed by atoms with Crippen molar-refractivity contribution in [3.63, 3.8) is 0 Å². The number of carbonyl (C=O) groups is 2. The van der Waals surface area contributed by atoms with Gasteiger partial charge in [-0.2, -0.15) is 0 Å². The van der Waals surface area contributed by atoms with Gasteiger partial charge in [0.15, 0.2) is 11.5 Å². The zero-order chi connectivity index (χ0) is 15.4. The maximum Gasteiger partial charge on any atom is 0.308 e. The van der Waals surface area contributed by atoms with Gasteiger partial charge in [0.2, 0.25) is 0 Å². The second kappa shape index (κ2) is 6.54. The topological polar surface area (TPSA) is 69.4 Å². The Bertz CT molecular complexity index is 665. The van der Waals surface area contributed by atoms with Crippen molar-refractivity contribution in [3.05, 3.63) is 41.0 Å². The van der Waals surface area contributed by atoms with Gasteiger partial charge in [-0.15, -0.1) is 0 Å². The van der Waals surface area contributed by atoms with E-state index in [0.717, 1.165) is 0 Å². The van der Waals surface area contributed by atoms with Crippen molar-refractivity contribution < 1.29 is 18.8 Å².